The maximum atomic E-state index is 12.4. The minimum absolute atomic E-state index is 0.0283. The van der Waals surface area contributed by atoms with E-state index in [2.05, 4.69) is 16.3 Å². The highest BCUT2D eigenvalue weighted by atomic mass is 16.7. The normalized spacial score (nSPS) is 20.4. The zero-order valence-corrected chi connectivity index (χ0v) is 12.4. The van der Waals surface area contributed by atoms with Gasteiger partial charge in [0.1, 0.15) is 0 Å². The first-order valence-corrected chi connectivity index (χ1v) is 7.56. The van der Waals surface area contributed by atoms with Crippen LogP contribution in [-0.2, 0) is 4.79 Å². The van der Waals surface area contributed by atoms with Crippen LogP contribution in [0.25, 0.3) is 0 Å². The lowest BCUT2D eigenvalue weighted by Crippen LogP contribution is -2.41. The zero-order chi connectivity index (χ0) is 15.4. The lowest BCUT2D eigenvalue weighted by molar-refractivity contribution is -0.121. The molecule has 1 aromatic rings. The summed E-state index contributed by atoms with van der Waals surface area (Å²) in [6, 6.07) is 7.57. The van der Waals surface area contributed by atoms with Gasteiger partial charge in [0.15, 0.2) is 11.5 Å². The molecule has 1 saturated heterocycles. The third-order valence-corrected chi connectivity index (χ3v) is 4.06. The summed E-state index contributed by atoms with van der Waals surface area (Å²) in [6.45, 7) is 2.65. The van der Waals surface area contributed by atoms with Gasteiger partial charge in [-0.05, 0) is 31.5 Å². The first kappa shape index (κ1) is 14.7. The smallest absolute Gasteiger partial charge is 0.231 e. The monoisotopic (exact) mass is 301 g/mol. The number of ether oxygens (including phenoxy) is 2. The van der Waals surface area contributed by atoms with E-state index in [1.165, 1.54) is 0 Å². The number of likely N-dealkylation sites (tertiary alicyclic amines) is 1. The molecule has 1 fully saturated rings. The Kier molecular flexibility index (Phi) is 4.45. The molecule has 1 atom stereocenters. The van der Waals surface area contributed by atoms with Crippen LogP contribution in [0.1, 0.15) is 19.3 Å². The Labute approximate surface area is 129 Å². The van der Waals surface area contributed by atoms with Gasteiger partial charge >= 0.3 is 0 Å². The van der Waals surface area contributed by atoms with Crippen LogP contribution >= 0.6 is 0 Å². The van der Waals surface area contributed by atoms with E-state index in [0.29, 0.717) is 17.9 Å². The van der Waals surface area contributed by atoms with E-state index >= 15 is 0 Å². The number of hydrogen-bond donors (Lipinski definition) is 1. The van der Waals surface area contributed by atoms with Crippen LogP contribution in [0, 0.1) is 17.2 Å². The molecule has 1 aromatic carbocycles. The van der Waals surface area contributed by atoms with Gasteiger partial charge in [0.2, 0.25) is 12.7 Å². The predicted octanol–water partition coefficient (Wildman–Crippen LogP) is 1.98. The lowest BCUT2D eigenvalue weighted by Gasteiger charge is -2.31. The SMILES string of the molecule is N#CCCN1CCCC(C(=O)Nc2ccc3c(c2)OCO3)C1. The van der Waals surface area contributed by atoms with Gasteiger partial charge in [-0.2, -0.15) is 5.26 Å². The topological polar surface area (TPSA) is 74.6 Å². The molecule has 22 heavy (non-hydrogen) atoms. The summed E-state index contributed by atoms with van der Waals surface area (Å²) in [5.41, 5.74) is 0.725. The fraction of sp³-hybridized carbons (Fsp3) is 0.500. The van der Waals surface area contributed by atoms with E-state index in [4.69, 9.17) is 14.7 Å². The number of nitrogens with one attached hydrogen (secondary N) is 1. The van der Waals surface area contributed by atoms with Crippen LogP contribution in [0.3, 0.4) is 0 Å². The number of nitrogens with zero attached hydrogens (tertiary/aromatic N) is 2. The number of amides is 1. The maximum absolute atomic E-state index is 12.4. The van der Waals surface area contributed by atoms with Crippen molar-refractivity contribution in [2.45, 2.75) is 19.3 Å². The molecular weight excluding hydrogens is 282 g/mol. The van der Waals surface area contributed by atoms with Gasteiger partial charge in [-0.1, -0.05) is 0 Å². The summed E-state index contributed by atoms with van der Waals surface area (Å²) in [5.74, 6) is 1.37. The molecular formula is C16H19N3O3. The van der Waals surface area contributed by atoms with Crippen LogP contribution in [-0.4, -0.2) is 37.2 Å². The van der Waals surface area contributed by atoms with Crippen LogP contribution < -0.4 is 14.8 Å². The molecule has 0 bridgehead atoms. The van der Waals surface area contributed by atoms with Crippen molar-refractivity contribution in [3.05, 3.63) is 18.2 Å². The number of carbonyl (C=O) groups excluding carboxylic acids is 1. The average Bonchev–Trinajstić information content (AvgIpc) is 3.01. The standard InChI is InChI=1S/C16H19N3O3/c17-6-2-8-19-7-1-3-12(10-19)16(20)18-13-4-5-14-15(9-13)22-11-21-14/h4-5,9,12H,1-3,7-8,10-11H2,(H,18,20). The first-order chi connectivity index (χ1) is 10.8. The number of nitriles is 1. The van der Waals surface area contributed by atoms with Crippen molar-refractivity contribution in [2.24, 2.45) is 5.92 Å². The van der Waals surface area contributed by atoms with Gasteiger partial charge in [-0.15, -0.1) is 0 Å². The molecule has 0 aromatic heterocycles. The van der Waals surface area contributed by atoms with Crippen LogP contribution in [0.2, 0.25) is 0 Å². The van der Waals surface area contributed by atoms with E-state index in [9.17, 15) is 4.79 Å². The summed E-state index contributed by atoms with van der Waals surface area (Å²) >= 11 is 0. The van der Waals surface area contributed by atoms with Crippen molar-refractivity contribution in [1.29, 1.82) is 5.26 Å². The molecule has 6 heteroatoms. The van der Waals surface area contributed by atoms with Crippen LogP contribution in [0.5, 0.6) is 11.5 Å². The summed E-state index contributed by atoms with van der Waals surface area (Å²) in [4.78, 5) is 14.6. The number of carbonyl (C=O) groups is 1. The molecule has 1 unspecified atom stereocenters. The zero-order valence-electron chi connectivity index (χ0n) is 12.4. The Morgan fingerprint density at radius 1 is 1.41 bits per heavy atom. The fourth-order valence-electron chi connectivity index (χ4n) is 2.90. The van der Waals surface area contributed by atoms with Gasteiger partial charge in [-0.25, -0.2) is 0 Å². The summed E-state index contributed by atoms with van der Waals surface area (Å²) in [7, 11) is 0. The third kappa shape index (κ3) is 3.31. The minimum Gasteiger partial charge on any atom is -0.454 e. The van der Waals surface area contributed by atoms with Gasteiger partial charge in [0.25, 0.3) is 0 Å². The quantitative estimate of drug-likeness (QED) is 0.920. The number of benzene rings is 1. The molecule has 2 aliphatic rings. The van der Waals surface area contributed by atoms with Crippen LogP contribution in [0.4, 0.5) is 5.69 Å². The minimum atomic E-state index is -0.0298. The second-order valence-electron chi connectivity index (χ2n) is 5.61. The van der Waals surface area contributed by atoms with Crippen LogP contribution in [0.15, 0.2) is 18.2 Å². The molecule has 0 radical (unpaired) electrons. The van der Waals surface area contributed by atoms with E-state index < -0.39 is 0 Å². The molecule has 0 spiro atoms. The highest BCUT2D eigenvalue weighted by Gasteiger charge is 2.26. The third-order valence-electron chi connectivity index (χ3n) is 4.06. The Morgan fingerprint density at radius 3 is 3.14 bits per heavy atom. The second-order valence-corrected chi connectivity index (χ2v) is 5.61. The molecule has 116 valence electrons. The number of anilines is 1. The van der Waals surface area contributed by atoms with Crippen molar-refractivity contribution >= 4 is 11.6 Å². The van der Waals surface area contributed by atoms with Gasteiger partial charge in [0, 0.05) is 31.3 Å². The van der Waals surface area contributed by atoms with Gasteiger partial charge in [-0.3, -0.25) is 4.79 Å². The molecule has 2 heterocycles. The molecule has 3 rings (SSSR count). The second kappa shape index (κ2) is 6.67. The Balaban J connectivity index is 1.58. The Hall–Kier alpha value is -2.26. The molecule has 6 nitrogen and oxygen atoms in total. The van der Waals surface area contributed by atoms with E-state index in [0.717, 1.165) is 38.2 Å². The molecule has 1 N–H and O–H groups in total. The fourth-order valence-corrected chi connectivity index (χ4v) is 2.90. The average molecular weight is 301 g/mol. The molecule has 0 saturated carbocycles. The van der Waals surface area contributed by atoms with Crippen molar-refractivity contribution < 1.29 is 14.3 Å². The Morgan fingerprint density at radius 2 is 2.27 bits per heavy atom. The maximum Gasteiger partial charge on any atom is 0.231 e. The predicted molar refractivity (Wildman–Crippen MR) is 80.6 cm³/mol. The molecule has 1 amide bonds. The highest BCUT2D eigenvalue weighted by molar-refractivity contribution is 5.93. The molecule has 2 aliphatic heterocycles. The van der Waals surface area contributed by atoms with Crippen molar-refractivity contribution in [2.75, 3.05) is 31.7 Å². The Bertz CT molecular complexity index is 597. The number of piperidine rings is 1. The lowest BCUT2D eigenvalue weighted by atomic mass is 9.97. The summed E-state index contributed by atoms with van der Waals surface area (Å²) < 4.78 is 10.6. The largest absolute Gasteiger partial charge is 0.454 e. The highest BCUT2D eigenvalue weighted by Crippen LogP contribution is 2.34. The van der Waals surface area contributed by atoms with E-state index in [-0.39, 0.29) is 18.6 Å². The van der Waals surface area contributed by atoms with E-state index in [1.807, 2.05) is 6.07 Å². The molecule has 0 aliphatic carbocycles. The number of rotatable bonds is 4. The summed E-state index contributed by atoms with van der Waals surface area (Å²) in [5, 5.41) is 11.6. The number of hydrogen-bond acceptors (Lipinski definition) is 5. The van der Waals surface area contributed by atoms with Crippen molar-refractivity contribution in [3.8, 4) is 17.6 Å². The number of fused-ring (bicyclic) bond motifs is 1. The van der Waals surface area contributed by atoms with Gasteiger partial charge in [0.05, 0.1) is 12.0 Å². The first-order valence-electron chi connectivity index (χ1n) is 7.56. The van der Waals surface area contributed by atoms with Crippen molar-refractivity contribution in [3.63, 3.8) is 0 Å². The summed E-state index contributed by atoms with van der Waals surface area (Å²) in [6.07, 6.45) is 2.39. The van der Waals surface area contributed by atoms with Gasteiger partial charge < -0.3 is 19.7 Å². The van der Waals surface area contributed by atoms with E-state index in [1.54, 1.807) is 12.1 Å². The van der Waals surface area contributed by atoms with Crippen molar-refractivity contribution in [1.82, 2.24) is 4.90 Å².